The van der Waals surface area contributed by atoms with Crippen molar-refractivity contribution in [3.63, 3.8) is 0 Å². The van der Waals surface area contributed by atoms with Crippen LogP contribution in [0.3, 0.4) is 0 Å². The molecule has 0 aromatic heterocycles. The van der Waals surface area contributed by atoms with Crippen LogP contribution in [0.5, 0.6) is 0 Å². The number of aryl methyl sites for hydroxylation is 1. The summed E-state index contributed by atoms with van der Waals surface area (Å²) in [4.78, 5) is 12.4. The topological polar surface area (TPSA) is 50.4 Å². The molecular weight excluding hydrogens is 308 g/mol. The molecule has 0 saturated carbocycles. The van der Waals surface area contributed by atoms with Crippen LogP contribution in [-0.4, -0.2) is 23.7 Å². The van der Waals surface area contributed by atoms with Crippen molar-refractivity contribution in [1.29, 1.82) is 0 Å². The fourth-order valence-corrected chi connectivity index (χ4v) is 2.85. The van der Waals surface area contributed by atoms with Crippen molar-refractivity contribution in [2.45, 2.75) is 39.7 Å². The molecule has 1 unspecified atom stereocenters. The van der Waals surface area contributed by atoms with E-state index in [0.717, 1.165) is 18.5 Å². The second-order valence-electron chi connectivity index (χ2n) is 6.21. The van der Waals surface area contributed by atoms with E-state index in [0.29, 0.717) is 23.2 Å². The molecule has 1 aliphatic rings. The first-order chi connectivity index (χ1) is 11.0. The predicted octanol–water partition coefficient (Wildman–Crippen LogP) is 2.94. The lowest BCUT2D eigenvalue weighted by Gasteiger charge is -2.29. The first kappa shape index (κ1) is 17.5. The van der Waals surface area contributed by atoms with Crippen molar-refractivity contribution in [2.75, 3.05) is 6.61 Å². The second-order valence-corrected chi connectivity index (χ2v) is 6.61. The number of rotatable bonds is 6. The Morgan fingerprint density at radius 1 is 1.30 bits per heavy atom. The van der Waals surface area contributed by atoms with Crippen molar-refractivity contribution < 1.29 is 9.53 Å². The van der Waals surface area contributed by atoms with E-state index in [1.807, 2.05) is 39.0 Å². The number of allylic oxidation sites excluding steroid dienone is 1. The third kappa shape index (κ3) is 5.06. The lowest BCUT2D eigenvalue weighted by atomic mass is 9.96. The summed E-state index contributed by atoms with van der Waals surface area (Å²) in [6.07, 6.45) is 1.66. The number of thiocarbonyl (C=S) groups is 1. The number of ether oxygens (including phenoxy) is 1. The van der Waals surface area contributed by atoms with Crippen LogP contribution in [0.1, 0.15) is 32.8 Å². The summed E-state index contributed by atoms with van der Waals surface area (Å²) in [5, 5.41) is 6.78. The molecule has 0 radical (unpaired) electrons. The fraction of sp³-hybridized carbons (Fsp3) is 0.444. The summed E-state index contributed by atoms with van der Waals surface area (Å²) in [5.74, 6) is 0.0463. The highest BCUT2D eigenvalue weighted by Crippen LogP contribution is 2.19. The molecule has 23 heavy (non-hydrogen) atoms. The van der Waals surface area contributed by atoms with Gasteiger partial charge < -0.3 is 15.4 Å². The molecule has 0 bridgehead atoms. The van der Waals surface area contributed by atoms with Crippen LogP contribution < -0.4 is 10.6 Å². The smallest absolute Gasteiger partial charge is 0.337 e. The van der Waals surface area contributed by atoms with Crippen LogP contribution in [0.15, 0.2) is 41.6 Å². The molecule has 5 heteroatoms. The minimum atomic E-state index is -0.267. The third-order valence-corrected chi connectivity index (χ3v) is 3.91. The van der Waals surface area contributed by atoms with E-state index < -0.39 is 0 Å². The number of esters is 1. The average Bonchev–Trinajstić information content (AvgIpc) is 2.51. The number of carbonyl (C=O) groups is 1. The molecule has 0 fully saturated rings. The van der Waals surface area contributed by atoms with Gasteiger partial charge in [0.25, 0.3) is 0 Å². The van der Waals surface area contributed by atoms with Crippen LogP contribution in [0, 0.1) is 5.92 Å². The number of hydrogen-bond donors (Lipinski definition) is 2. The second kappa shape index (κ2) is 8.11. The van der Waals surface area contributed by atoms with Gasteiger partial charge in [-0.05, 0) is 43.5 Å². The molecule has 124 valence electrons. The predicted molar refractivity (Wildman–Crippen MR) is 95.9 cm³/mol. The van der Waals surface area contributed by atoms with Gasteiger partial charge in [-0.25, -0.2) is 4.79 Å². The number of carbonyl (C=O) groups excluding carboxylic acids is 1. The highest BCUT2D eigenvalue weighted by molar-refractivity contribution is 7.80. The normalized spacial score (nSPS) is 17.7. The molecule has 0 aliphatic carbocycles. The molecule has 0 amide bonds. The Hall–Kier alpha value is -1.88. The van der Waals surface area contributed by atoms with Gasteiger partial charge in [-0.1, -0.05) is 44.2 Å². The summed E-state index contributed by atoms with van der Waals surface area (Å²) in [7, 11) is 0. The first-order valence-corrected chi connectivity index (χ1v) is 8.37. The van der Waals surface area contributed by atoms with Crippen molar-refractivity contribution in [3.05, 3.63) is 47.2 Å². The summed E-state index contributed by atoms with van der Waals surface area (Å²) in [6, 6.07) is 10.1. The minimum Gasteiger partial charge on any atom is -0.462 e. The van der Waals surface area contributed by atoms with Crippen LogP contribution in [0.4, 0.5) is 0 Å². The average molecular weight is 332 g/mol. The number of hydrogen-bond acceptors (Lipinski definition) is 3. The van der Waals surface area contributed by atoms with Gasteiger partial charge in [-0.15, -0.1) is 0 Å². The molecule has 1 aromatic carbocycles. The monoisotopic (exact) mass is 332 g/mol. The number of nitrogens with one attached hydrogen (secondary N) is 2. The van der Waals surface area contributed by atoms with Gasteiger partial charge in [0.15, 0.2) is 5.11 Å². The van der Waals surface area contributed by atoms with Crippen molar-refractivity contribution in [2.24, 2.45) is 5.92 Å². The summed E-state index contributed by atoms with van der Waals surface area (Å²) < 4.78 is 5.41. The SMILES string of the molecule is CC1=C(C(=O)OCC(C)C)C(CCc2ccccc2)NC(=S)N1. The van der Waals surface area contributed by atoms with Gasteiger partial charge in [0, 0.05) is 5.70 Å². The maximum absolute atomic E-state index is 12.4. The van der Waals surface area contributed by atoms with Gasteiger partial charge in [0.05, 0.1) is 18.2 Å². The molecule has 4 nitrogen and oxygen atoms in total. The van der Waals surface area contributed by atoms with Gasteiger partial charge >= 0.3 is 5.97 Å². The molecule has 2 N–H and O–H groups in total. The molecule has 1 aliphatic heterocycles. The summed E-state index contributed by atoms with van der Waals surface area (Å²) in [5.41, 5.74) is 2.67. The van der Waals surface area contributed by atoms with Crippen LogP contribution in [0.25, 0.3) is 0 Å². The maximum Gasteiger partial charge on any atom is 0.337 e. The van der Waals surface area contributed by atoms with Crippen LogP contribution in [0.2, 0.25) is 0 Å². The van der Waals surface area contributed by atoms with Crippen molar-refractivity contribution >= 4 is 23.3 Å². The van der Waals surface area contributed by atoms with Crippen molar-refractivity contribution in [1.82, 2.24) is 10.6 Å². The Bertz CT molecular complexity index is 596. The van der Waals surface area contributed by atoms with Crippen molar-refractivity contribution in [3.8, 4) is 0 Å². The van der Waals surface area contributed by atoms with E-state index >= 15 is 0 Å². The Labute approximate surface area is 143 Å². The Kier molecular flexibility index (Phi) is 6.16. The standard InChI is InChI=1S/C18H24N2O2S/c1-12(2)11-22-17(21)16-13(3)19-18(23)20-15(16)10-9-14-7-5-4-6-8-14/h4-8,12,15H,9-11H2,1-3H3,(H2,19,20,23). The lowest BCUT2D eigenvalue weighted by molar-refractivity contribution is -0.140. The minimum absolute atomic E-state index is 0.122. The highest BCUT2D eigenvalue weighted by Gasteiger charge is 2.29. The lowest BCUT2D eigenvalue weighted by Crippen LogP contribution is -2.50. The van der Waals surface area contributed by atoms with E-state index in [1.54, 1.807) is 0 Å². The van der Waals surface area contributed by atoms with Gasteiger partial charge in [-0.2, -0.15) is 0 Å². The zero-order chi connectivity index (χ0) is 16.8. The maximum atomic E-state index is 12.4. The van der Waals surface area contributed by atoms with Gasteiger partial charge in [0.1, 0.15) is 0 Å². The molecule has 0 saturated heterocycles. The zero-order valence-electron chi connectivity index (χ0n) is 13.9. The highest BCUT2D eigenvalue weighted by atomic mass is 32.1. The quantitative estimate of drug-likeness (QED) is 0.620. The van der Waals surface area contributed by atoms with Gasteiger partial charge in [0.2, 0.25) is 0 Å². The molecule has 0 spiro atoms. The van der Waals surface area contributed by atoms with E-state index in [4.69, 9.17) is 17.0 Å². The molecular formula is C18H24N2O2S. The molecule has 1 atom stereocenters. The zero-order valence-corrected chi connectivity index (χ0v) is 14.7. The van der Waals surface area contributed by atoms with E-state index in [9.17, 15) is 4.79 Å². The fourth-order valence-electron chi connectivity index (χ4n) is 2.55. The first-order valence-electron chi connectivity index (χ1n) is 7.96. The van der Waals surface area contributed by atoms with Crippen LogP contribution in [-0.2, 0) is 16.0 Å². The van der Waals surface area contributed by atoms with E-state index in [1.165, 1.54) is 5.56 Å². The Morgan fingerprint density at radius 2 is 2.00 bits per heavy atom. The molecule has 1 aromatic rings. The van der Waals surface area contributed by atoms with Crippen LogP contribution >= 0.6 is 12.2 Å². The Morgan fingerprint density at radius 3 is 2.65 bits per heavy atom. The number of benzene rings is 1. The largest absolute Gasteiger partial charge is 0.462 e. The van der Waals surface area contributed by atoms with E-state index in [2.05, 4.69) is 22.8 Å². The van der Waals surface area contributed by atoms with E-state index in [-0.39, 0.29) is 12.0 Å². The molecule has 2 rings (SSSR count). The summed E-state index contributed by atoms with van der Waals surface area (Å²) >= 11 is 5.23. The molecule has 1 heterocycles. The Balaban J connectivity index is 2.09. The summed E-state index contributed by atoms with van der Waals surface area (Å²) in [6.45, 7) is 6.34. The van der Waals surface area contributed by atoms with Gasteiger partial charge in [-0.3, -0.25) is 0 Å². The third-order valence-electron chi connectivity index (χ3n) is 3.69.